The Labute approximate surface area is 147 Å². The van der Waals surface area contributed by atoms with Gasteiger partial charge in [-0.3, -0.25) is 0 Å². The van der Waals surface area contributed by atoms with E-state index in [9.17, 15) is 4.79 Å². The lowest BCUT2D eigenvalue weighted by molar-refractivity contribution is 0.144. The highest BCUT2D eigenvalue weighted by atomic mass is 16.5. The normalized spacial score (nSPS) is 11.8. The fraction of sp³-hybridized carbons (Fsp3) is 0.471. The first kappa shape index (κ1) is 18.7. The van der Waals surface area contributed by atoms with Gasteiger partial charge in [-0.2, -0.15) is 0 Å². The molecule has 0 aliphatic rings. The monoisotopic (exact) mass is 347 g/mol. The zero-order valence-corrected chi connectivity index (χ0v) is 14.9. The Hall–Kier alpha value is -2.61. The van der Waals surface area contributed by atoms with Gasteiger partial charge in [0.15, 0.2) is 0 Å². The number of imidazole rings is 1. The third-order valence-electron chi connectivity index (χ3n) is 3.57. The molecule has 2 aromatic rings. The molecular weight excluding hydrogens is 322 g/mol. The van der Waals surface area contributed by atoms with Gasteiger partial charge in [-0.1, -0.05) is 6.92 Å². The summed E-state index contributed by atoms with van der Waals surface area (Å²) in [5, 5.41) is 5.61. The van der Waals surface area contributed by atoms with Crippen LogP contribution in [0.4, 0.5) is 10.5 Å². The molecule has 0 unspecified atom stereocenters. The smallest absolute Gasteiger partial charge is 0.319 e. The number of nitrogens with one attached hydrogen (secondary N) is 2. The molecule has 0 fully saturated rings. The van der Waals surface area contributed by atoms with Crippen molar-refractivity contribution < 1.29 is 14.3 Å². The second kappa shape index (κ2) is 9.63. The molecule has 2 N–H and O–H groups in total. The second-order valence-electron chi connectivity index (χ2n) is 5.79. The summed E-state index contributed by atoms with van der Waals surface area (Å²) in [7, 11) is 1.61. The van der Waals surface area contributed by atoms with Crippen molar-refractivity contribution >= 4 is 11.7 Å². The molecule has 2 rings (SSSR count). The van der Waals surface area contributed by atoms with Crippen molar-refractivity contribution in [3.63, 3.8) is 0 Å². The van der Waals surface area contributed by atoms with Crippen LogP contribution in [0, 0.1) is 12.8 Å². The summed E-state index contributed by atoms with van der Waals surface area (Å²) in [6.45, 7) is 6.35. The molecule has 0 radical (unpaired) electrons. The van der Waals surface area contributed by atoms with Crippen LogP contribution in [0.1, 0.15) is 12.7 Å². The molecule has 0 aromatic carbocycles. The Bertz CT molecular complexity index is 657. The molecule has 0 aliphatic heterocycles. The van der Waals surface area contributed by atoms with E-state index in [0.29, 0.717) is 31.3 Å². The zero-order valence-electron chi connectivity index (χ0n) is 14.9. The lowest BCUT2D eigenvalue weighted by atomic mass is 10.2. The van der Waals surface area contributed by atoms with Crippen LogP contribution in [-0.4, -0.2) is 47.4 Å². The topological polar surface area (TPSA) is 90.3 Å². The first-order valence-electron chi connectivity index (χ1n) is 8.19. The molecule has 136 valence electrons. The summed E-state index contributed by atoms with van der Waals surface area (Å²) in [5.74, 6) is 1.75. The third kappa shape index (κ3) is 6.42. The first-order valence-corrected chi connectivity index (χ1v) is 8.19. The van der Waals surface area contributed by atoms with Crippen molar-refractivity contribution in [2.24, 2.45) is 5.92 Å². The van der Waals surface area contributed by atoms with E-state index in [2.05, 4.69) is 32.1 Å². The predicted octanol–water partition coefficient (Wildman–Crippen LogP) is 2.07. The van der Waals surface area contributed by atoms with Crippen LogP contribution in [0.25, 0.3) is 0 Å². The van der Waals surface area contributed by atoms with Crippen LogP contribution >= 0.6 is 0 Å². The van der Waals surface area contributed by atoms with Gasteiger partial charge in [0.2, 0.25) is 5.88 Å². The number of aromatic nitrogens is 3. The largest absolute Gasteiger partial charge is 0.475 e. The third-order valence-corrected chi connectivity index (χ3v) is 3.57. The molecule has 0 saturated carbocycles. The number of aryl methyl sites for hydroxylation is 1. The van der Waals surface area contributed by atoms with Crippen LogP contribution in [0.3, 0.4) is 0 Å². The van der Waals surface area contributed by atoms with Crippen molar-refractivity contribution in [3.05, 3.63) is 36.5 Å². The minimum atomic E-state index is -0.260. The van der Waals surface area contributed by atoms with E-state index in [1.54, 1.807) is 31.6 Å². The number of anilines is 1. The summed E-state index contributed by atoms with van der Waals surface area (Å²) in [4.78, 5) is 20.3. The number of pyridine rings is 1. The number of hydrogen-bond donors (Lipinski definition) is 2. The Morgan fingerprint density at radius 2 is 2.16 bits per heavy atom. The van der Waals surface area contributed by atoms with Gasteiger partial charge in [0, 0.05) is 38.7 Å². The van der Waals surface area contributed by atoms with E-state index in [-0.39, 0.29) is 11.9 Å². The maximum absolute atomic E-state index is 12.0. The minimum absolute atomic E-state index is 0.260. The Balaban J connectivity index is 1.71. The molecule has 8 nitrogen and oxygen atoms in total. The fourth-order valence-corrected chi connectivity index (χ4v) is 2.21. The van der Waals surface area contributed by atoms with Crippen LogP contribution in [0.2, 0.25) is 0 Å². The van der Waals surface area contributed by atoms with Gasteiger partial charge < -0.3 is 24.7 Å². The van der Waals surface area contributed by atoms with Gasteiger partial charge in [0.05, 0.1) is 18.5 Å². The van der Waals surface area contributed by atoms with E-state index in [4.69, 9.17) is 9.47 Å². The average molecular weight is 347 g/mol. The standard InChI is InChI=1S/C17H25N5O3/c1-13(12-22-7-6-18-14(22)2)10-20-17(23)21-15-4-5-16(19-11-15)25-9-8-24-3/h4-7,11,13H,8-10,12H2,1-3H3,(H2,20,21,23)/t13-/m0/s1. The quantitative estimate of drug-likeness (QED) is 0.678. The lowest BCUT2D eigenvalue weighted by Gasteiger charge is -2.15. The minimum Gasteiger partial charge on any atom is -0.475 e. The average Bonchev–Trinajstić information content (AvgIpc) is 3.00. The molecule has 0 bridgehead atoms. The van der Waals surface area contributed by atoms with Crippen molar-refractivity contribution in [2.45, 2.75) is 20.4 Å². The number of carbonyl (C=O) groups excluding carboxylic acids is 1. The van der Waals surface area contributed by atoms with Gasteiger partial charge in [0.1, 0.15) is 12.4 Å². The molecule has 0 spiro atoms. The number of amides is 2. The maximum atomic E-state index is 12.0. The van der Waals surface area contributed by atoms with Crippen LogP contribution in [-0.2, 0) is 11.3 Å². The molecular formula is C17H25N5O3. The number of nitrogens with zero attached hydrogens (tertiary/aromatic N) is 3. The van der Waals surface area contributed by atoms with Gasteiger partial charge >= 0.3 is 6.03 Å². The highest BCUT2D eigenvalue weighted by molar-refractivity contribution is 5.88. The summed E-state index contributed by atoms with van der Waals surface area (Å²) in [6.07, 6.45) is 5.27. The molecule has 2 amide bonds. The highest BCUT2D eigenvalue weighted by Gasteiger charge is 2.08. The van der Waals surface area contributed by atoms with Gasteiger partial charge in [-0.15, -0.1) is 0 Å². The van der Waals surface area contributed by atoms with Crippen LogP contribution < -0.4 is 15.4 Å². The second-order valence-corrected chi connectivity index (χ2v) is 5.79. The van der Waals surface area contributed by atoms with Gasteiger partial charge in [-0.25, -0.2) is 14.8 Å². The summed E-state index contributed by atoms with van der Waals surface area (Å²) in [6, 6.07) is 3.19. The van der Waals surface area contributed by atoms with Gasteiger partial charge in [-0.05, 0) is 18.9 Å². The molecule has 1 atom stereocenters. The van der Waals surface area contributed by atoms with Crippen molar-refractivity contribution in [2.75, 3.05) is 32.2 Å². The van der Waals surface area contributed by atoms with E-state index < -0.39 is 0 Å². The van der Waals surface area contributed by atoms with Crippen molar-refractivity contribution in [1.29, 1.82) is 0 Å². The first-order chi connectivity index (χ1) is 12.1. The number of ether oxygens (including phenoxy) is 2. The summed E-state index contributed by atoms with van der Waals surface area (Å²) < 4.78 is 12.3. The van der Waals surface area contributed by atoms with Crippen LogP contribution in [0.5, 0.6) is 5.88 Å². The highest BCUT2D eigenvalue weighted by Crippen LogP contribution is 2.11. The van der Waals surface area contributed by atoms with E-state index in [1.165, 1.54) is 0 Å². The fourth-order valence-electron chi connectivity index (χ4n) is 2.21. The van der Waals surface area contributed by atoms with Crippen molar-refractivity contribution in [3.8, 4) is 5.88 Å². The van der Waals surface area contributed by atoms with Crippen LogP contribution in [0.15, 0.2) is 30.7 Å². The van der Waals surface area contributed by atoms with E-state index in [0.717, 1.165) is 12.4 Å². The number of hydrogen-bond acceptors (Lipinski definition) is 5. The molecule has 8 heteroatoms. The number of rotatable bonds is 9. The van der Waals surface area contributed by atoms with Crippen molar-refractivity contribution in [1.82, 2.24) is 19.9 Å². The number of carbonyl (C=O) groups is 1. The Morgan fingerprint density at radius 3 is 2.80 bits per heavy atom. The Morgan fingerprint density at radius 1 is 1.32 bits per heavy atom. The molecule has 25 heavy (non-hydrogen) atoms. The molecule has 2 aromatic heterocycles. The van der Waals surface area contributed by atoms with Gasteiger partial charge in [0.25, 0.3) is 0 Å². The number of urea groups is 1. The summed E-state index contributed by atoms with van der Waals surface area (Å²) >= 11 is 0. The predicted molar refractivity (Wildman–Crippen MR) is 94.8 cm³/mol. The zero-order chi connectivity index (χ0) is 18.1. The number of methoxy groups -OCH3 is 1. The summed E-state index contributed by atoms with van der Waals surface area (Å²) in [5.41, 5.74) is 0.606. The molecule has 0 saturated heterocycles. The molecule has 0 aliphatic carbocycles. The van der Waals surface area contributed by atoms with E-state index >= 15 is 0 Å². The molecule has 2 heterocycles. The lowest BCUT2D eigenvalue weighted by Crippen LogP contribution is -2.33. The maximum Gasteiger partial charge on any atom is 0.319 e. The SMILES string of the molecule is COCCOc1ccc(NC(=O)NC[C@H](C)Cn2ccnc2C)cn1. The van der Waals surface area contributed by atoms with E-state index in [1.807, 2.05) is 13.1 Å². The Kier molecular flexibility index (Phi) is 7.21.